The van der Waals surface area contributed by atoms with Gasteiger partial charge in [0.05, 0.1) is 12.8 Å². The second-order valence-electron chi connectivity index (χ2n) is 4.68. The average Bonchev–Trinajstić information content (AvgIpc) is 3.03. The molecule has 0 unspecified atom stereocenters. The molecule has 0 saturated carbocycles. The lowest BCUT2D eigenvalue weighted by Crippen LogP contribution is -2.14. The van der Waals surface area contributed by atoms with Gasteiger partial charge in [0.15, 0.2) is 5.13 Å². The molecule has 0 aliphatic carbocycles. The Morgan fingerprint density at radius 3 is 2.83 bits per heavy atom. The summed E-state index contributed by atoms with van der Waals surface area (Å²) >= 11 is 4.47. The molecule has 0 saturated heterocycles. The molecule has 0 spiro atoms. The lowest BCUT2D eigenvalue weighted by Gasteiger charge is -2.10. The van der Waals surface area contributed by atoms with E-state index < -0.39 is 10.0 Å². The van der Waals surface area contributed by atoms with Crippen molar-refractivity contribution in [2.24, 2.45) is 0 Å². The number of sulfonamides is 1. The van der Waals surface area contributed by atoms with E-state index in [2.05, 4.69) is 30.6 Å². The highest BCUT2D eigenvalue weighted by Gasteiger charge is 2.21. The largest absolute Gasteiger partial charge is 0.495 e. The van der Waals surface area contributed by atoms with E-state index >= 15 is 0 Å². The van der Waals surface area contributed by atoms with Crippen molar-refractivity contribution in [2.45, 2.75) is 4.90 Å². The third-order valence-electron chi connectivity index (χ3n) is 3.10. The van der Waals surface area contributed by atoms with E-state index in [-0.39, 0.29) is 15.8 Å². The summed E-state index contributed by atoms with van der Waals surface area (Å²) in [5.41, 5.74) is 1.48. The monoisotopic (exact) mass is 425 g/mol. The Morgan fingerprint density at radius 2 is 2.12 bits per heavy atom. The van der Waals surface area contributed by atoms with Gasteiger partial charge in [0.1, 0.15) is 10.6 Å². The Morgan fingerprint density at radius 1 is 1.29 bits per heavy atom. The van der Waals surface area contributed by atoms with Crippen LogP contribution in [-0.4, -0.2) is 25.5 Å². The lowest BCUT2D eigenvalue weighted by atomic mass is 10.2. The van der Waals surface area contributed by atoms with Gasteiger partial charge in [-0.2, -0.15) is 0 Å². The number of methoxy groups -OCH3 is 1. The van der Waals surface area contributed by atoms with E-state index in [1.54, 1.807) is 36.0 Å². The fraction of sp³-hybridized carbons (Fsp3) is 0.0667. The topological polar surface area (TPSA) is 81.2 Å². The van der Waals surface area contributed by atoms with Crippen LogP contribution in [0.1, 0.15) is 0 Å². The minimum absolute atomic E-state index is 0.0394. The van der Waals surface area contributed by atoms with Crippen molar-refractivity contribution < 1.29 is 13.2 Å². The van der Waals surface area contributed by atoms with Crippen molar-refractivity contribution in [3.8, 4) is 17.0 Å². The molecule has 0 fully saturated rings. The van der Waals surface area contributed by atoms with Gasteiger partial charge in [-0.1, -0.05) is 15.9 Å². The Labute approximate surface area is 151 Å². The van der Waals surface area contributed by atoms with Crippen LogP contribution in [0.5, 0.6) is 5.75 Å². The molecule has 1 aromatic carbocycles. The molecule has 0 radical (unpaired) electrons. The molecule has 0 bridgehead atoms. The Balaban J connectivity index is 1.91. The van der Waals surface area contributed by atoms with Crippen LogP contribution in [-0.2, 0) is 10.0 Å². The van der Waals surface area contributed by atoms with E-state index in [1.807, 2.05) is 6.07 Å². The minimum atomic E-state index is -3.82. The zero-order chi connectivity index (χ0) is 17.2. The van der Waals surface area contributed by atoms with Crippen LogP contribution in [0, 0.1) is 0 Å². The number of hydrogen-bond acceptors (Lipinski definition) is 6. The van der Waals surface area contributed by atoms with Crippen LogP contribution in [0.15, 0.2) is 57.5 Å². The van der Waals surface area contributed by atoms with Gasteiger partial charge in [-0.25, -0.2) is 13.4 Å². The molecule has 0 aliphatic rings. The van der Waals surface area contributed by atoms with E-state index in [4.69, 9.17) is 4.74 Å². The Bertz CT molecular complexity index is 959. The zero-order valence-corrected chi connectivity index (χ0v) is 15.7. The van der Waals surface area contributed by atoms with E-state index in [1.165, 1.54) is 24.5 Å². The Hall–Kier alpha value is -1.97. The third kappa shape index (κ3) is 3.58. The van der Waals surface area contributed by atoms with Gasteiger partial charge >= 0.3 is 0 Å². The molecule has 3 aromatic rings. The second-order valence-corrected chi connectivity index (χ2v) is 8.10. The predicted molar refractivity (Wildman–Crippen MR) is 96.8 cm³/mol. The van der Waals surface area contributed by atoms with Crippen LogP contribution < -0.4 is 9.46 Å². The van der Waals surface area contributed by atoms with Crippen molar-refractivity contribution in [2.75, 3.05) is 11.8 Å². The summed E-state index contributed by atoms with van der Waals surface area (Å²) in [6, 6.07) is 8.43. The molecule has 0 amide bonds. The first-order valence-electron chi connectivity index (χ1n) is 6.72. The number of hydrogen-bond donors (Lipinski definition) is 1. The highest BCUT2D eigenvalue weighted by atomic mass is 79.9. The number of pyridine rings is 1. The van der Waals surface area contributed by atoms with Gasteiger partial charge in [-0.05, 0) is 30.3 Å². The number of nitrogens with zero attached hydrogens (tertiary/aromatic N) is 2. The number of anilines is 1. The number of benzene rings is 1. The van der Waals surface area contributed by atoms with Gasteiger partial charge in [-0.3, -0.25) is 9.71 Å². The maximum absolute atomic E-state index is 12.6. The Kier molecular flexibility index (Phi) is 4.83. The highest BCUT2D eigenvalue weighted by Crippen LogP contribution is 2.31. The van der Waals surface area contributed by atoms with Crippen molar-refractivity contribution in [1.82, 2.24) is 9.97 Å². The van der Waals surface area contributed by atoms with E-state index in [0.29, 0.717) is 10.2 Å². The molecule has 2 aromatic heterocycles. The van der Waals surface area contributed by atoms with Crippen molar-refractivity contribution in [1.29, 1.82) is 0 Å². The number of nitrogens with one attached hydrogen (secondary N) is 1. The van der Waals surface area contributed by atoms with Gasteiger partial charge in [0.25, 0.3) is 10.0 Å². The molecule has 6 nitrogen and oxygen atoms in total. The molecule has 0 atom stereocenters. The summed E-state index contributed by atoms with van der Waals surface area (Å²) in [5, 5.41) is 2.04. The summed E-state index contributed by atoms with van der Waals surface area (Å²) in [7, 11) is -2.40. The van der Waals surface area contributed by atoms with Crippen LogP contribution in [0.3, 0.4) is 0 Å². The molecule has 24 heavy (non-hydrogen) atoms. The number of halogens is 1. The fourth-order valence-corrected chi connectivity index (χ4v) is 4.68. The van der Waals surface area contributed by atoms with E-state index in [0.717, 1.165) is 5.56 Å². The van der Waals surface area contributed by atoms with Gasteiger partial charge in [0, 0.05) is 27.8 Å². The van der Waals surface area contributed by atoms with Crippen LogP contribution >= 0.6 is 27.3 Å². The summed E-state index contributed by atoms with van der Waals surface area (Å²) in [4.78, 5) is 8.37. The zero-order valence-electron chi connectivity index (χ0n) is 12.4. The quantitative estimate of drug-likeness (QED) is 0.672. The third-order valence-corrected chi connectivity index (χ3v) is 5.84. The lowest BCUT2D eigenvalue weighted by molar-refractivity contribution is 0.403. The first-order valence-corrected chi connectivity index (χ1v) is 9.87. The highest BCUT2D eigenvalue weighted by molar-refractivity contribution is 9.10. The van der Waals surface area contributed by atoms with Crippen molar-refractivity contribution >= 4 is 42.4 Å². The molecule has 2 heterocycles. The molecule has 9 heteroatoms. The summed E-state index contributed by atoms with van der Waals surface area (Å²) in [5.74, 6) is 0.259. The summed E-state index contributed by atoms with van der Waals surface area (Å²) < 4.78 is 33.5. The van der Waals surface area contributed by atoms with Crippen molar-refractivity contribution in [3.05, 3.63) is 52.6 Å². The van der Waals surface area contributed by atoms with Crippen LogP contribution in [0.25, 0.3) is 11.3 Å². The first kappa shape index (κ1) is 16.9. The molecule has 3 rings (SSSR count). The molecule has 1 N–H and O–H groups in total. The summed E-state index contributed by atoms with van der Waals surface area (Å²) in [6.07, 6.45) is 3.34. The standard InChI is InChI=1S/C15H12BrN3O3S2/c1-22-13-5-4-11(16)7-14(13)24(20,21)19-15-18-12(9-23-15)10-3-2-6-17-8-10/h2-9H,1H3,(H,18,19). The minimum Gasteiger partial charge on any atom is -0.495 e. The number of aromatic nitrogens is 2. The first-order chi connectivity index (χ1) is 11.5. The fourth-order valence-electron chi connectivity index (χ4n) is 2.00. The van der Waals surface area contributed by atoms with E-state index in [9.17, 15) is 8.42 Å². The number of ether oxygens (including phenoxy) is 1. The number of rotatable bonds is 5. The maximum Gasteiger partial charge on any atom is 0.267 e. The SMILES string of the molecule is COc1ccc(Br)cc1S(=O)(=O)Nc1nc(-c2cccnc2)cs1. The summed E-state index contributed by atoms with van der Waals surface area (Å²) in [6.45, 7) is 0. The second kappa shape index (κ2) is 6.88. The van der Waals surface area contributed by atoms with Crippen molar-refractivity contribution in [3.63, 3.8) is 0 Å². The van der Waals surface area contributed by atoms with Crippen LogP contribution in [0.2, 0.25) is 0 Å². The van der Waals surface area contributed by atoms with Gasteiger partial charge < -0.3 is 4.74 Å². The molecular formula is C15H12BrN3O3S2. The average molecular weight is 426 g/mol. The smallest absolute Gasteiger partial charge is 0.267 e. The molecule has 124 valence electrons. The van der Waals surface area contributed by atoms with Crippen LogP contribution in [0.4, 0.5) is 5.13 Å². The van der Waals surface area contributed by atoms with Gasteiger partial charge in [-0.15, -0.1) is 11.3 Å². The maximum atomic E-state index is 12.6. The molecular weight excluding hydrogens is 414 g/mol. The molecule has 0 aliphatic heterocycles. The van der Waals surface area contributed by atoms with Gasteiger partial charge in [0.2, 0.25) is 0 Å². The normalized spacial score (nSPS) is 11.2. The predicted octanol–water partition coefficient (Wildman–Crippen LogP) is 3.78. The number of thiazole rings is 1.